The molecule has 1 N–H and O–H groups in total. The minimum absolute atomic E-state index is 0.0467. The van der Waals surface area contributed by atoms with Crippen molar-refractivity contribution in [3.63, 3.8) is 0 Å². The number of ether oxygens (including phenoxy) is 1. The summed E-state index contributed by atoms with van der Waals surface area (Å²) in [6.07, 6.45) is -0.0357. The second kappa shape index (κ2) is 5.60. The van der Waals surface area contributed by atoms with Gasteiger partial charge in [0.15, 0.2) is 11.5 Å². The number of carbonyl (C=O) groups excluding carboxylic acids is 3. The highest BCUT2D eigenvalue weighted by Gasteiger charge is 2.32. The van der Waals surface area contributed by atoms with Crippen molar-refractivity contribution < 1.29 is 29.1 Å². The zero-order valence-electron chi connectivity index (χ0n) is 10.8. The monoisotopic (exact) mass is 279 g/mol. The first-order valence-electron chi connectivity index (χ1n) is 5.93. The lowest BCUT2D eigenvalue weighted by Gasteiger charge is -2.12. The van der Waals surface area contributed by atoms with Crippen molar-refractivity contribution in [2.24, 2.45) is 0 Å². The van der Waals surface area contributed by atoms with Crippen LogP contribution < -0.4 is 4.74 Å². The molecule has 1 fully saturated rings. The lowest BCUT2D eigenvalue weighted by atomic mass is 10.1. The highest BCUT2D eigenvalue weighted by atomic mass is 16.7. The highest BCUT2D eigenvalue weighted by molar-refractivity contribution is 6.01. The number of hydroxylamine groups is 2. The molecule has 1 aromatic rings. The summed E-state index contributed by atoms with van der Waals surface area (Å²) >= 11 is 0. The summed E-state index contributed by atoms with van der Waals surface area (Å²) in [5.74, 6) is -1.60. The second-order valence-electron chi connectivity index (χ2n) is 4.23. The van der Waals surface area contributed by atoms with Crippen LogP contribution in [0.5, 0.6) is 11.5 Å². The van der Waals surface area contributed by atoms with Crippen LogP contribution in [0.15, 0.2) is 18.2 Å². The number of methoxy groups -OCH3 is 1. The molecule has 0 aliphatic carbocycles. The molecule has 106 valence electrons. The van der Waals surface area contributed by atoms with Gasteiger partial charge < -0.3 is 14.7 Å². The smallest absolute Gasteiger partial charge is 0.337 e. The Kier molecular flexibility index (Phi) is 3.88. The lowest BCUT2D eigenvalue weighted by molar-refractivity contribution is -0.197. The number of hydrogen-bond donors (Lipinski definition) is 1. The Morgan fingerprint density at radius 2 is 1.95 bits per heavy atom. The molecule has 2 rings (SSSR count). The Labute approximate surface area is 114 Å². The Hall–Kier alpha value is -2.57. The number of benzene rings is 1. The third-order valence-electron chi connectivity index (χ3n) is 2.79. The average molecular weight is 279 g/mol. The summed E-state index contributed by atoms with van der Waals surface area (Å²) in [6, 6.07) is 4.38. The van der Waals surface area contributed by atoms with Gasteiger partial charge in [-0.05, 0) is 17.7 Å². The molecule has 0 radical (unpaired) electrons. The van der Waals surface area contributed by atoms with Gasteiger partial charge in [0.1, 0.15) is 0 Å². The second-order valence-corrected chi connectivity index (χ2v) is 4.23. The predicted octanol–water partition coefficient (Wildman–Crippen LogP) is 0.550. The summed E-state index contributed by atoms with van der Waals surface area (Å²) in [6.45, 7) is 0. The van der Waals surface area contributed by atoms with Crippen molar-refractivity contribution >= 4 is 17.8 Å². The highest BCUT2D eigenvalue weighted by Crippen LogP contribution is 2.26. The average Bonchev–Trinajstić information content (AvgIpc) is 2.72. The molecule has 0 atom stereocenters. The number of imide groups is 1. The Bertz CT molecular complexity index is 552. The molecule has 7 nitrogen and oxygen atoms in total. The molecule has 0 unspecified atom stereocenters. The van der Waals surface area contributed by atoms with Crippen LogP contribution in [0.2, 0.25) is 0 Å². The predicted molar refractivity (Wildman–Crippen MR) is 65.5 cm³/mol. The van der Waals surface area contributed by atoms with Gasteiger partial charge in [-0.3, -0.25) is 9.59 Å². The van der Waals surface area contributed by atoms with Gasteiger partial charge in [0, 0.05) is 12.8 Å². The molecule has 0 aromatic heterocycles. The zero-order chi connectivity index (χ0) is 14.7. The Morgan fingerprint density at radius 3 is 2.55 bits per heavy atom. The molecule has 20 heavy (non-hydrogen) atoms. The molecule has 0 bridgehead atoms. The first kappa shape index (κ1) is 13.9. The maximum Gasteiger partial charge on any atom is 0.337 e. The summed E-state index contributed by atoms with van der Waals surface area (Å²) < 4.78 is 4.91. The summed E-state index contributed by atoms with van der Waals surface area (Å²) in [4.78, 5) is 39.0. The minimum atomic E-state index is -0.735. The van der Waals surface area contributed by atoms with E-state index >= 15 is 0 Å². The van der Waals surface area contributed by atoms with Crippen molar-refractivity contribution in [1.82, 2.24) is 5.06 Å². The van der Waals surface area contributed by atoms with E-state index in [2.05, 4.69) is 0 Å². The standard InChI is InChI=1S/C13H13NO6/c1-19-10-6-8(2-3-9(10)15)7-13(18)20-14-11(16)4-5-12(14)17/h2-3,6,15H,4-5,7H2,1H3. The number of phenolic OH excluding ortho intramolecular Hbond substituents is 1. The third-order valence-corrected chi connectivity index (χ3v) is 2.79. The van der Waals surface area contributed by atoms with Crippen LogP contribution in [0, 0.1) is 0 Å². The number of carbonyl (C=O) groups is 3. The molecule has 1 heterocycles. The molecule has 0 spiro atoms. The van der Waals surface area contributed by atoms with Crippen LogP contribution in [0.3, 0.4) is 0 Å². The van der Waals surface area contributed by atoms with Gasteiger partial charge in [-0.1, -0.05) is 6.07 Å². The number of amides is 2. The lowest BCUT2D eigenvalue weighted by Crippen LogP contribution is -2.32. The van der Waals surface area contributed by atoms with Gasteiger partial charge in [0.05, 0.1) is 13.5 Å². The van der Waals surface area contributed by atoms with Gasteiger partial charge in [-0.25, -0.2) is 4.79 Å². The van der Waals surface area contributed by atoms with E-state index in [4.69, 9.17) is 9.57 Å². The SMILES string of the molecule is COc1cc(CC(=O)ON2C(=O)CCC2=O)ccc1O. The van der Waals surface area contributed by atoms with Crippen LogP contribution in [0.1, 0.15) is 18.4 Å². The van der Waals surface area contributed by atoms with Crippen LogP contribution in [-0.4, -0.2) is 35.1 Å². The first-order valence-corrected chi connectivity index (χ1v) is 5.93. The Morgan fingerprint density at radius 1 is 1.30 bits per heavy atom. The molecular formula is C13H13NO6. The fourth-order valence-corrected chi connectivity index (χ4v) is 1.79. The van der Waals surface area contributed by atoms with E-state index in [-0.39, 0.29) is 30.8 Å². The van der Waals surface area contributed by atoms with Gasteiger partial charge in [0.2, 0.25) is 0 Å². The van der Waals surface area contributed by atoms with Crippen molar-refractivity contribution in [3.05, 3.63) is 23.8 Å². The van der Waals surface area contributed by atoms with Crippen LogP contribution in [0.25, 0.3) is 0 Å². The van der Waals surface area contributed by atoms with Gasteiger partial charge >= 0.3 is 5.97 Å². The van der Waals surface area contributed by atoms with E-state index < -0.39 is 17.8 Å². The van der Waals surface area contributed by atoms with Crippen LogP contribution in [0.4, 0.5) is 0 Å². The fourth-order valence-electron chi connectivity index (χ4n) is 1.79. The molecule has 2 amide bonds. The molecule has 1 aliphatic rings. The Balaban J connectivity index is 2.01. The van der Waals surface area contributed by atoms with Crippen molar-refractivity contribution in [3.8, 4) is 11.5 Å². The molecule has 1 saturated heterocycles. The van der Waals surface area contributed by atoms with Crippen LogP contribution >= 0.6 is 0 Å². The molecule has 1 aromatic carbocycles. The van der Waals surface area contributed by atoms with Crippen LogP contribution in [-0.2, 0) is 25.6 Å². The quantitative estimate of drug-likeness (QED) is 0.809. The minimum Gasteiger partial charge on any atom is -0.504 e. The molecule has 1 aliphatic heterocycles. The maximum absolute atomic E-state index is 11.7. The van der Waals surface area contributed by atoms with E-state index in [1.54, 1.807) is 0 Å². The first-order chi connectivity index (χ1) is 9.51. The van der Waals surface area contributed by atoms with Crippen molar-refractivity contribution in [1.29, 1.82) is 0 Å². The van der Waals surface area contributed by atoms with E-state index in [0.29, 0.717) is 10.6 Å². The van der Waals surface area contributed by atoms with E-state index in [1.165, 1.54) is 25.3 Å². The normalized spacial score (nSPS) is 14.6. The summed E-state index contributed by atoms with van der Waals surface area (Å²) in [5.41, 5.74) is 0.531. The van der Waals surface area contributed by atoms with E-state index in [9.17, 15) is 19.5 Å². The maximum atomic E-state index is 11.7. The third kappa shape index (κ3) is 2.87. The van der Waals surface area contributed by atoms with Gasteiger partial charge in [0.25, 0.3) is 11.8 Å². The molecule has 0 saturated carbocycles. The number of phenols is 1. The van der Waals surface area contributed by atoms with Crippen molar-refractivity contribution in [2.75, 3.05) is 7.11 Å². The number of aromatic hydroxyl groups is 1. The van der Waals surface area contributed by atoms with Gasteiger partial charge in [-0.2, -0.15) is 0 Å². The fraction of sp³-hybridized carbons (Fsp3) is 0.308. The largest absolute Gasteiger partial charge is 0.504 e. The zero-order valence-corrected chi connectivity index (χ0v) is 10.8. The topological polar surface area (TPSA) is 93.1 Å². The number of rotatable bonds is 4. The van der Waals surface area contributed by atoms with E-state index in [0.717, 1.165) is 0 Å². The van der Waals surface area contributed by atoms with Gasteiger partial charge in [-0.15, -0.1) is 5.06 Å². The van der Waals surface area contributed by atoms with Crippen molar-refractivity contribution in [2.45, 2.75) is 19.3 Å². The van der Waals surface area contributed by atoms with E-state index in [1.807, 2.05) is 0 Å². The molecular weight excluding hydrogens is 266 g/mol. The summed E-state index contributed by atoms with van der Waals surface area (Å²) in [7, 11) is 1.39. The molecule has 7 heteroatoms. The number of hydrogen-bond acceptors (Lipinski definition) is 6. The number of nitrogens with zero attached hydrogens (tertiary/aromatic N) is 1. The summed E-state index contributed by atoms with van der Waals surface area (Å²) in [5, 5.41) is 9.93.